The van der Waals surface area contributed by atoms with Gasteiger partial charge in [0.2, 0.25) is 0 Å². The second kappa shape index (κ2) is 8.91. The van der Waals surface area contributed by atoms with E-state index in [9.17, 15) is 30.0 Å². The highest BCUT2D eigenvalue weighted by Crippen LogP contribution is 2.51. The lowest BCUT2D eigenvalue weighted by atomic mass is 9.70. The van der Waals surface area contributed by atoms with Crippen molar-refractivity contribution in [3.8, 4) is 11.5 Å². The van der Waals surface area contributed by atoms with Crippen LogP contribution in [0, 0.1) is 0 Å². The third-order valence-corrected chi connectivity index (χ3v) is 7.61. The molecular weight excluding hydrogens is 468 g/mol. The number of carbonyl (C=O) groups excluding carboxylic acids is 2. The first kappa shape index (κ1) is 24.8. The van der Waals surface area contributed by atoms with Gasteiger partial charge in [0.25, 0.3) is 0 Å². The number of aliphatic hydroxyl groups is 2. The van der Waals surface area contributed by atoms with Crippen LogP contribution in [0.5, 0.6) is 11.5 Å². The van der Waals surface area contributed by atoms with Crippen molar-refractivity contribution in [3.63, 3.8) is 0 Å². The first-order chi connectivity index (χ1) is 17.1. The van der Waals surface area contributed by atoms with Crippen LogP contribution >= 0.6 is 0 Å². The number of ether oxygens (including phenoxy) is 2. The molecule has 1 heterocycles. The fourth-order valence-electron chi connectivity index (χ4n) is 5.59. The average Bonchev–Trinajstić information content (AvgIpc) is 2.84. The molecule has 192 valence electrons. The first-order valence-corrected chi connectivity index (χ1v) is 12.0. The van der Waals surface area contributed by atoms with Gasteiger partial charge < -0.3 is 41.4 Å². The number of hydrogen-bond donors (Lipinski definition) is 6. The van der Waals surface area contributed by atoms with E-state index < -0.39 is 53.2 Å². The lowest BCUT2D eigenvalue weighted by molar-refractivity contribution is -0.230. The van der Waals surface area contributed by atoms with Crippen molar-refractivity contribution < 1.29 is 39.5 Å². The Bertz CT molecular complexity index is 1240. The quantitative estimate of drug-likeness (QED) is 0.281. The van der Waals surface area contributed by atoms with E-state index in [-0.39, 0.29) is 58.9 Å². The normalized spacial score (nSPS) is 30.4. The second-order valence-electron chi connectivity index (χ2n) is 10.1. The van der Waals surface area contributed by atoms with E-state index in [4.69, 9.17) is 20.9 Å². The summed E-state index contributed by atoms with van der Waals surface area (Å²) < 4.78 is 12.0. The summed E-state index contributed by atoms with van der Waals surface area (Å²) in [6, 6.07) is 5.91. The van der Waals surface area contributed by atoms with Gasteiger partial charge in [0.15, 0.2) is 17.9 Å². The van der Waals surface area contributed by atoms with E-state index >= 15 is 0 Å². The van der Waals surface area contributed by atoms with E-state index in [1.165, 1.54) is 19.1 Å². The molecule has 36 heavy (non-hydrogen) atoms. The van der Waals surface area contributed by atoms with Crippen molar-refractivity contribution in [2.45, 2.75) is 68.8 Å². The van der Waals surface area contributed by atoms with Crippen LogP contribution in [0.1, 0.15) is 75.3 Å². The maximum Gasteiger partial charge on any atom is 0.198 e. The lowest BCUT2D eigenvalue weighted by Crippen LogP contribution is -2.55. The van der Waals surface area contributed by atoms with Crippen LogP contribution in [0.2, 0.25) is 0 Å². The summed E-state index contributed by atoms with van der Waals surface area (Å²) in [5.74, 6) is -2.12. The molecule has 0 bridgehead atoms. The molecule has 2 aliphatic carbocycles. The van der Waals surface area contributed by atoms with Crippen molar-refractivity contribution in [2.75, 3.05) is 6.61 Å². The third-order valence-electron chi connectivity index (χ3n) is 7.61. The molecule has 0 spiro atoms. The minimum absolute atomic E-state index is 0.0288. The third kappa shape index (κ3) is 3.81. The van der Waals surface area contributed by atoms with E-state index in [2.05, 4.69) is 0 Å². The van der Waals surface area contributed by atoms with E-state index in [1.54, 1.807) is 12.1 Å². The van der Waals surface area contributed by atoms with Crippen LogP contribution in [0.15, 0.2) is 24.3 Å². The van der Waals surface area contributed by atoms with Crippen LogP contribution in [0.3, 0.4) is 0 Å². The number of phenols is 2. The van der Waals surface area contributed by atoms with Crippen LogP contribution in [-0.2, 0) is 15.9 Å². The minimum Gasteiger partial charge on any atom is -0.507 e. The molecule has 0 aromatic heterocycles. The zero-order valence-electron chi connectivity index (χ0n) is 19.8. The molecule has 3 aliphatic rings. The SMILES string of the molecule is CC(O)C1(N)Cc2c(O)c3c(c(O)c2C(O[C@H]2C[C@H](N)C[C@@H](CO)O2)C1)C(=O)c1ccccc1C3=O. The molecule has 2 aromatic carbocycles. The Morgan fingerprint density at radius 2 is 1.72 bits per heavy atom. The molecule has 0 saturated carbocycles. The molecule has 1 saturated heterocycles. The van der Waals surface area contributed by atoms with E-state index in [0.29, 0.717) is 12.8 Å². The molecular formula is C26H30N2O8. The van der Waals surface area contributed by atoms with Crippen molar-refractivity contribution in [2.24, 2.45) is 11.5 Å². The molecule has 0 radical (unpaired) electrons. The predicted octanol–water partition coefficient (Wildman–Crippen LogP) is 0.780. The number of rotatable bonds is 4. The number of ketones is 2. The minimum atomic E-state index is -1.28. The maximum absolute atomic E-state index is 13.4. The summed E-state index contributed by atoms with van der Waals surface area (Å²) in [5, 5.41) is 42.8. The van der Waals surface area contributed by atoms with Gasteiger partial charge in [-0.3, -0.25) is 9.59 Å². The Morgan fingerprint density at radius 3 is 2.31 bits per heavy atom. The van der Waals surface area contributed by atoms with Crippen molar-refractivity contribution in [1.29, 1.82) is 0 Å². The van der Waals surface area contributed by atoms with Gasteiger partial charge in [-0.2, -0.15) is 0 Å². The standard InChI is InChI=1S/C26H30N2O8/c1-11(30)26(28)8-16-19(17(9-26)36-18-7-12(27)6-13(10-29)35-18)25(34)21-20(24(16)33)22(31)14-4-2-3-5-15(14)23(21)32/h2-5,11-13,17-18,29-30,33-34H,6-10,27-28H2,1H3/t11?,12-,13+,17?,18+,26?/m1/s1. The molecule has 5 rings (SSSR count). The molecule has 0 amide bonds. The summed E-state index contributed by atoms with van der Waals surface area (Å²) in [6.07, 6.45) is -2.73. The molecule has 3 unspecified atom stereocenters. The smallest absolute Gasteiger partial charge is 0.198 e. The highest BCUT2D eigenvalue weighted by atomic mass is 16.7. The molecule has 1 fully saturated rings. The Balaban J connectivity index is 1.66. The Labute approximate surface area is 207 Å². The Morgan fingerprint density at radius 1 is 1.11 bits per heavy atom. The fourth-order valence-corrected chi connectivity index (χ4v) is 5.59. The van der Waals surface area contributed by atoms with Crippen molar-refractivity contribution >= 4 is 11.6 Å². The summed E-state index contributed by atoms with van der Waals surface area (Å²) in [4.78, 5) is 26.7. The number of nitrogens with two attached hydrogens (primary N) is 2. The van der Waals surface area contributed by atoms with Gasteiger partial charge in [-0.25, -0.2) is 0 Å². The fraction of sp³-hybridized carbons (Fsp3) is 0.462. The summed E-state index contributed by atoms with van der Waals surface area (Å²) in [5.41, 5.74) is 11.3. The van der Waals surface area contributed by atoms with Crippen molar-refractivity contribution in [1.82, 2.24) is 0 Å². The number of aliphatic hydroxyl groups excluding tert-OH is 2. The average molecular weight is 499 g/mol. The summed E-state index contributed by atoms with van der Waals surface area (Å²) in [7, 11) is 0. The zero-order valence-corrected chi connectivity index (χ0v) is 19.8. The number of carbonyl (C=O) groups is 2. The maximum atomic E-state index is 13.4. The van der Waals surface area contributed by atoms with Crippen molar-refractivity contribution in [3.05, 3.63) is 57.6 Å². The molecule has 1 aliphatic heterocycles. The van der Waals surface area contributed by atoms with Crippen LogP contribution in [0.25, 0.3) is 0 Å². The molecule has 10 nitrogen and oxygen atoms in total. The number of phenolic OH excluding ortho intramolecular Hbond substituents is 2. The monoisotopic (exact) mass is 498 g/mol. The number of benzene rings is 2. The van der Waals surface area contributed by atoms with Crippen LogP contribution in [-0.4, -0.2) is 68.7 Å². The molecule has 6 atom stereocenters. The molecule has 10 heteroatoms. The van der Waals surface area contributed by atoms with Gasteiger partial charge in [0.05, 0.1) is 36.0 Å². The Hall–Kier alpha value is -2.86. The van der Waals surface area contributed by atoms with Gasteiger partial charge in [-0.1, -0.05) is 24.3 Å². The zero-order chi connectivity index (χ0) is 25.9. The Kier molecular flexibility index (Phi) is 6.14. The number of aromatic hydroxyl groups is 2. The number of fused-ring (bicyclic) bond motifs is 3. The largest absolute Gasteiger partial charge is 0.507 e. The predicted molar refractivity (Wildman–Crippen MR) is 127 cm³/mol. The van der Waals surface area contributed by atoms with Crippen LogP contribution in [0.4, 0.5) is 0 Å². The van der Waals surface area contributed by atoms with E-state index in [0.717, 1.165) is 0 Å². The van der Waals surface area contributed by atoms with Gasteiger partial charge in [-0.05, 0) is 26.2 Å². The van der Waals surface area contributed by atoms with Gasteiger partial charge >= 0.3 is 0 Å². The van der Waals surface area contributed by atoms with Gasteiger partial charge in [-0.15, -0.1) is 0 Å². The first-order valence-electron chi connectivity index (χ1n) is 12.0. The number of hydrogen-bond acceptors (Lipinski definition) is 10. The highest BCUT2D eigenvalue weighted by Gasteiger charge is 2.47. The summed E-state index contributed by atoms with van der Waals surface area (Å²) >= 11 is 0. The second-order valence-corrected chi connectivity index (χ2v) is 10.1. The van der Waals surface area contributed by atoms with Crippen LogP contribution < -0.4 is 11.5 Å². The molecule has 2 aromatic rings. The topological polar surface area (TPSA) is 186 Å². The van der Waals surface area contributed by atoms with Gasteiger partial charge in [0, 0.05) is 40.3 Å². The van der Waals surface area contributed by atoms with Gasteiger partial charge in [0.1, 0.15) is 11.5 Å². The van der Waals surface area contributed by atoms with E-state index in [1.807, 2.05) is 0 Å². The lowest BCUT2D eigenvalue weighted by Gasteiger charge is -2.44. The molecule has 8 N–H and O–H groups in total. The summed E-state index contributed by atoms with van der Waals surface area (Å²) in [6.45, 7) is 1.26. The highest BCUT2D eigenvalue weighted by molar-refractivity contribution is 6.30.